The molecule has 1 N–H and O–H groups in total. The van der Waals surface area contributed by atoms with Crippen LogP contribution in [-0.2, 0) is 19.5 Å². The molecular formula is C7H10N2O. The van der Waals surface area contributed by atoms with E-state index in [4.69, 9.17) is 4.52 Å². The van der Waals surface area contributed by atoms with E-state index in [9.17, 15) is 0 Å². The molecule has 10 heavy (non-hydrogen) atoms. The number of hydrogen-bond acceptors (Lipinski definition) is 3. The summed E-state index contributed by atoms with van der Waals surface area (Å²) in [5, 5.41) is 7.15. The second-order valence-electron chi connectivity index (χ2n) is 2.49. The van der Waals surface area contributed by atoms with Gasteiger partial charge in [0.25, 0.3) is 0 Å². The van der Waals surface area contributed by atoms with Crippen molar-refractivity contribution < 1.29 is 4.52 Å². The third-order valence-electron chi connectivity index (χ3n) is 1.87. The van der Waals surface area contributed by atoms with Crippen molar-refractivity contribution in [3.63, 3.8) is 0 Å². The van der Waals surface area contributed by atoms with Gasteiger partial charge in [-0.15, -0.1) is 0 Å². The largest absolute Gasteiger partial charge is 0.361 e. The SMILES string of the molecule is CCc1onc2c1CNC2. The summed E-state index contributed by atoms with van der Waals surface area (Å²) in [6.07, 6.45) is 0.948. The highest BCUT2D eigenvalue weighted by molar-refractivity contribution is 5.26. The highest BCUT2D eigenvalue weighted by atomic mass is 16.5. The molecule has 0 aliphatic carbocycles. The molecule has 54 valence electrons. The first kappa shape index (κ1) is 5.92. The van der Waals surface area contributed by atoms with Crippen molar-refractivity contribution in [2.75, 3.05) is 0 Å². The molecule has 2 rings (SSSR count). The smallest absolute Gasteiger partial charge is 0.141 e. The van der Waals surface area contributed by atoms with Crippen LogP contribution in [0.3, 0.4) is 0 Å². The van der Waals surface area contributed by atoms with Crippen molar-refractivity contribution in [3.05, 3.63) is 17.0 Å². The van der Waals surface area contributed by atoms with Crippen LogP contribution in [-0.4, -0.2) is 5.16 Å². The average Bonchev–Trinajstić information content (AvgIpc) is 2.44. The van der Waals surface area contributed by atoms with Gasteiger partial charge >= 0.3 is 0 Å². The first-order valence-corrected chi connectivity index (χ1v) is 3.59. The molecule has 0 unspecified atom stereocenters. The van der Waals surface area contributed by atoms with Gasteiger partial charge < -0.3 is 9.84 Å². The lowest BCUT2D eigenvalue weighted by atomic mass is 10.2. The number of fused-ring (bicyclic) bond motifs is 1. The first-order chi connectivity index (χ1) is 4.92. The Balaban J connectivity index is 2.44. The van der Waals surface area contributed by atoms with Gasteiger partial charge in [0, 0.05) is 25.1 Å². The average molecular weight is 138 g/mol. The van der Waals surface area contributed by atoms with E-state index < -0.39 is 0 Å². The minimum absolute atomic E-state index is 0.874. The molecule has 1 aromatic heterocycles. The third kappa shape index (κ3) is 0.671. The van der Waals surface area contributed by atoms with E-state index in [-0.39, 0.29) is 0 Å². The lowest BCUT2D eigenvalue weighted by molar-refractivity contribution is 0.374. The number of nitrogens with one attached hydrogen (secondary N) is 1. The van der Waals surface area contributed by atoms with Crippen LogP contribution >= 0.6 is 0 Å². The van der Waals surface area contributed by atoms with E-state index in [1.54, 1.807) is 0 Å². The van der Waals surface area contributed by atoms with Gasteiger partial charge in [-0.1, -0.05) is 12.1 Å². The molecule has 1 aromatic rings. The molecule has 0 saturated heterocycles. The summed E-state index contributed by atoms with van der Waals surface area (Å²) >= 11 is 0. The summed E-state index contributed by atoms with van der Waals surface area (Å²) in [5.41, 5.74) is 2.37. The highest BCUT2D eigenvalue weighted by Gasteiger charge is 2.18. The van der Waals surface area contributed by atoms with Crippen LogP contribution in [0.15, 0.2) is 4.52 Å². The number of aryl methyl sites for hydroxylation is 1. The molecule has 0 bridgehead atoms. The predicted octanol–water partition coefficient (Wildman–Crippen LogP) is 0.840. The highest BCUT2D eigenvalue weighted by Crippen LogP contribution is 2.18. The third-order valence-corrected chi connectivity index (χ3v) is 1.87. The molecule has 0 saturated carbocycles. The molecule has 0 radical (unpaired) electrons. The van der Waals surface area contributed by atoms with Gasteiger partial charge in [-0.2, -0.15) is 0 Å². The fourth-order valence-electron chi connectivity index (χ4n) is 1.30. The second kappa shape index (κ2) is 2.09. The molecule has 2 heterocycles. The standard InChI is InChI=1S/C7H10N2O/c1-2-7-5-3-8-4-6(5)9-10-7/h8H,2-4H2,1H3. The lowest BCUT2D eigenvalue weighted by Crippen LogP contribution is -2.02. The van der Waals surface area contributed by atoms with Crippen LogP contribution in [0.1, 0.15) is 23.9 Å². The first-order valence-electron chi connectivity index (χ1n) is 3.59. The Bertz CT molecular complexity index is 242. The van der Waals surface area contributed by atoms with Gasteiger partial charge in [-0.3, -0.25) is 0 Å². The maximum Gasteiger partial charge on any atom is 0.141 e. The summed E-state index contributed by atoms with van der Waals surface area (Å²) in [4.78, 5) is 0. The van der Waals surface area contributed by atoms with Gasteiger partial charge in [0.2, 0.25) is 0 Å². The van der Waals surface area contributed by atoms with Crippen LogP contribution in [0.5, 0.6) is 0 Å². The van der Waals surface area contributed by atoms with Gasteiger partial charge in [-0.25, -0.2) is 0 Å². The lowest BCUT2D eigenvalue weighted by Gasteiger charge is -1.89. The molecule has 0 fully saturated rings. The van der Waals surface area contributed by atoms with Crippen LogP contribution in [0.25, 0.3) is 0 Å². The van der Waals surface area contributed by atoms with Crippen LogP contribution in [0.2, 0.25) is 0 Å². The van der Waals surface area contributed by atoms with Crippen LogP contribution < -0.4 is 5.32 Å². The number of nitrogens with zero attached hydrogens (tertiary/aromatic N) is 1. The summed E-state index contributed by atoms with van der Waals surface area (Å²) in [6, 6.07) is 0. The minimum atomic E-state index is 0.874. The minimum Gasteiger partial charge on any atom is -0.361 e. The van der Waals surface area contributed by atoms with Crippen molar-refractivity contribution in [1.29, 1.82) is 0 Å². The zero-order valence-electron chi connectivity index (χ0n) is 5.98. The molecule has 1 aliphatic heterocycles. The number of hydrogen-bond donors (Lipinski definition) is 1. The summed E-state index contributed by atoms with van der Waals surface area (Å²) in [7, 11) is 0. The monoisotopic (exact) mass is 138 g/mol. The zero-order chi connectivity index (χ0) is 6.97. The van der Waals surface area contributed by atoms with Gasteiger partial charge in [-0.05, 0) is 0 Å². The Kier molecular flexibility index (Phi) is 1.24. The van der Waals surface area contributed by atoms with Crippen molar-refractivity contribution in [3.8, 4) is 0 Å². The van der Waals surface area contributed by atoms with E-state index >= 15 is 0 Å². The van der Waals surface area contributed by atoms with E-state index in [0.29, 0.717) is 0 Å². The van der Waals surface area contributed by atoms with E-state index in [2.05, 4.69) is 17.4 Å². The number of rotatable bonds is 1. The maximum absolute atomic E-state index is 5.10. The summed E-state index contributed by atoms with van der Waals surface area (Å²) in [6.45, 7) is 3.89. The van der Waals surface area contributed by atoms with Crippen molar-refractivity contribution >= 4 is 0 Å². The second-order valence-corrected chi connectivity index (χ2v) is 2.49. The van der Waals surface area contributed by atoms with Crippen LogP contribution in [0, 0.1) is 0 Å². The van der Waals surface area contributed by atoms with Gasteiger partial charge in [0.1, 0.15) is 11.5 Å². The van der Waals surface area contributed by atoms with Crippen LogP contribution in [0.4, 0.5) is 0 Å². The van der Waals surface area contributed by atoms with Crippen molar-refractivity contribution in [2.45, 2.75) is 26.4 Å². The van der Waals surface area contributed by atoms with Gasteiger partial charge in [0.05, 0.1) is 0 Å². The normalized spacial score (nSPS) is 15.7. The summed E-state index contributed by atoms with van der Waals surface area (Å²) < 4.78 is 5.10. The molecule has 1 aliphatic rings. The fourth-order valence-corrected chi connectivity index (χ4v) is 1.30. The molecular weight excluding hydrogens is 128 g/mol. The molecule has 0 aromatic carbocycles. The molecule has 0 atom stereocenters. The molecule has 0 spiro atoms. The van der Waals surface area contributed by atoms with E-state index in [0.717, 1.165) is 31.0 Å². The Morgan fingerprint density at radius 3 is 3.30 bits per heavy atom. The Morgan fingerprint density at radius 1 is 1.60 bits per heavy atom. The topological polar surface area (TPSA) is 38.1 Å². The molecule has 0 amide bonds. The quantitative estimate of drug-likeness (QED) is 0.625. The predicted molar refractivity (Wildman–Crippen MR) is 36.4 cm³/mol. The van der Waals surface area contributed by atoms with Crippen molar-refractivity contribution in [2.24, 2.45) is 0 Å². The van der Waals surface area contributed by atoms with Crippen molar-refractivity contribution in [1.82, 2.24) is 10.5 Å². The Morgan fingerprint density at radius 2 is 2.50 bits per heavy atom. The maximum atomic E-state index is 5.10. The Labute approximate surface area is 59.4 Å². The molecule has 3 nitrogen and oxygen atoms in total. The van der Waals surface area contributed by atoms with E-state index in [1.165, 1.54) is 5.56 Å². The van der Waals surface area contributed by atoms with Gasteiger partial charge in [0.15, 0.2) is 0 Å². The number of aromatic nitrogens is 1. The zero-order valence-corrected chi connectivity index (χ0v) is 5.98. The molecule has 3 heteroatoms. The fraction of sp³-hybridized carbons (Fsp3) is 0.571. The Hall–Kier alpha value is -0.830. The summed E-state index contributed by atoms with van der Waals surface area (Å²) in [5.74, 6) is 1.04. The van der Waals surface area contributed by atoms with E-state index in [1.807, 2.05) is 0 Å².